The molecular weight excluding hydrogens is 460 g/mol. The summed E-state index contributed by atoms with van der Waals surface area (Å²) in [5, 5.41) is 4.91. The van der Waals surface area contributed by atoms with Crippen molar-refractivity contribution >= 4 is 29.9 Å². The third-order valence-electron chi connectivity index (χ3n) is 3.92. The molecule has 202 valence electrons. The van der Waals surface area contributed by atoms with Gasteiger partial charge in [-0.15, -0.1) is 0 Å². The van der Waals surface area contributed by atoms with Crippen molar-refractivity contribution in [2.45, 2.75) is 117 Å². The van der Waals surface area contributed by atoms with Crippen LogP contribution in [0.3, 0.4) is 0 Å². The fraction of sp³-hybridized carbons (Fsp3) is 0.792. The zero-order valence-corrected chi connectivity index (χ0v) is 22.7. The fourth-order valence-corrected chi connectivity index (χ4v) is 2.69. The van der Waals surface area contributed by atoms with E-state index in [1.807, 2.05) is 0 Å². The SMILES string of the molecule is COC(=O)[C@@H](CCC(=O)OC(C)(C)C)NC(=O)[C@@H](CCC(=O)OC(C)(C)C)NC(=O)OC(C)(C)C. The van der Waals surface area contributed by atoms with Gasteiger partial charge in [-0.05, 0) is 75.2 Å². The zero-order chi connectivity index (χ0) is 27.6. The average molecular weight is 503 g/mol. The Kier molecular flexibility index (Phi) is 12.2. The molecule has 0 aromatic heterocycles. The molecule has 0 heterocycles. The molecule has 0 aliphatic heterocycles. The predicted octanol–water partition coefficient (Wildman–Crippen LogP) is 2.78. The molecule has 0 aromatic rings. The Morgan fingerprint density at radius 1 is 0.629 bits per heavy atom. The van der Waals surface area contributed by atoms with Crippen molar-refractivity contribution in [2.75, 3.05) is 7.11 Å². The van der Waals surface area contributed by atoms with Crippen molar-refractivity contribution in [3.8, 4) is 0 Å². The van der Waals surface area contributed by atoms with Crippen LogP contribution >= 0.6 is 0 Å². The molecule has 0 saturated carbocycles. The maximum atomic E-state index is 13.0. The second-order valence-corrected chi connectivity index (χ2v) is 11.0. The number of alkyl carbamates (subject to hydrolysis) is 1. The highest BCUT2D eigenvalue weighted by molar-refractivity contribution is 5.90. The van der Waals surface area contributed by atoms with Gasteiger partial charge < -0.3 is 29.6 Å². The highest BCUT2D eigenvalue weighted by atomic mass is 16.6. The average Bonchev–Trinajstić information content (AvgIpc) is 2.63. The van der Waals surface area contributed by atoms with Crippen LogP contribution in [-0.4, -0.2) is 65.9 Å². The molecule has 2 N–H and O–H groups in total. The molecule has 0 aliphatic carbocycles. The van der Waals surface area contributed by atoms with Crippen LogP contribution in [-0.2, 0) is 38.1 Å². The fourth-order valence-electron chi connectivity index (χ4n) is 2.69. The van der Waals surface area contributed by atoms with Gasteiger partial charge in [-0.25, -0.2) is 9.59 Å². The van der Waals surface area contributed by atoms with Gasteiger partial charge in [0.25, 0.3) is 0 Å². The molecule has 11 heteroatoms. The molecule has 0 unspecified atom stereocenters. The number of carbonyl (C=O) groups excluding carboxylic acids is 5. The van der Waals surface area contributed by atoms with Gasteiger partial charge in [0.2, 0.25) is 5.91 Å². The molecule has 0 aliphatic rings. The molecule has 0 aromatic carbocycles. The van der Waals surface area contributed by atoms with E-state index >= 15 is 0 Å². The van der Waals surface area contributed by atoms with Crippen LogP contribution in [0.2, 0.25) is 0 Å². The summed E-state index contributed by atoms with van der Waals surface area (Å²) < 4.78 is 20.4. The summed E-state index contributed by atoms with van der Waals surface area (Å²) in [6, 6.07) is -2.39. The highest BCUT2D eigenvalue weighted by Crippen LogP contribution is 2.13. The lowest BCUT2D eigenvalue weighted by Gasteiger charge is -2.25. The number of carbonyl (C=O) groups is 5. The lowest BCUT2D eigenvalue weighted by Crippen LogP contribution is -2.52. The van der Waals surface area contributed by atoms with Crippen LogP contribution in [0.25, 0.3) is 0 Å². The summed E-state index contributed by atoms with van der Waals surface area (Å²) in [6.45, 7) is 15.2. The van der Waals surface area contributed by atoms with Crippen LogP contribution in [0.4, 0.5) is 4.79 Å². The molecule has 2 atom stereocenters. The van der Waals surface area contributed by atoms with Gasteiger partial charge in [0, 0.05) is 12.8 Å². The molecule has 11 nitrogen and oxygen atoms in total. The number of nitrogens with one attached hydrogen (secondary N) is 2. The largest absolute Gasteiger partial charge is 0.467 e. The first-order chi connectivity index (χ1) is 15.7. The highest BCUT2D eigenvalue weighted by Gasteiger charge is 2.30. The molecule has 2 amide bonds. The van der Waals surface area contributed by atoms with E-state index in [9.17, 15) is 24.0 Å². The Labute approximate surface area is 207 Å². The summed E-state index contributed by atoms with van der Waals surface area (Å²) >= 11 is 0. The Hall–Kier alpha value is -2.85. The van der Waals surface area contributed by atoms with Crippen molar-refractivity contribution < 1.29 is 42.9 Å². The van der Waals surface area contributed by atoms with Gasteiger partial charge in [-0.3, -0.25) is 14.4 Å². The van der Waals surface area contributed by atoms with Crippen LogP contribution < -0.4 is 10.6 Å². The van der Waals surface area contributed by atoms with Crippen molar-refractivity contribution in [2.24, 2.45) is 0 Å². The van der Waals surface area contributed by atoms with Gasteiger partial charge >= 0.3 is 24.0 Å². The van der Waals surface area contributed by atoms with E-state index in [4.69, 9.17) is 18.9 Å². The number of esters is 3. The first-order valence-corrected chi connectivity index (χ1v) is 11.5. The third kappa shape index (κ3) is 16.4. The molecular formula is C24H42N2O9. The van der Waals surface area contributed by atoms with Crippen LogP contribution in [0.15, 0.2) is 0 Å². The molecule has 35 heavy (non-hydrogen) atoms. The second-order valence-electron chi connectivity index (χ2n) is 11.0. The van der Waals surface area contributed by atoms with E-state index in [0.717, 1.165) is 7.11 Å². The predicted molar refractivity (Wildman–Crippen MR) is 127 cm³/mol. The number of methoxy groups -OCH3 is 1. The minimum absolute atomic E-state index is 0.0848. The van der Waals surface area contributed by atoms with E-state index in [1.54, 1.807) is 62.3 Å². The maximum Gasteiger partial charge on any atom is 0.408 e. The minimum Gasteiger partial charge on any atom is -0.467 e. The number of hydrogen-bond donors (Lipinski definition) is 2. The molecule has 0 radical (unpaired) electrons. The lowest BCUT2D eigenvalue weighted by molar-refractivity contribution is -0.157. The quantitative estimate of drug-likeness (QED) is 0.340. The smallest absolute Gasteiger partial charge is 0.408 e. The van der Waals surface area contributed by atoms with Crippen LogP contribution in [0, 0.1) is 0 Å². The Morgan fingerprint density at radius 3 is 1.40 bits per heavy atom. The molecule has 0 fully saturated rings. The number of rotatable bonds is 10. The van der Waals surface area contributed by atoms with Crippen LogP contribution in [0.1, 0.15) is 88.0 Å². The van der Waals surface area contributed by atoms with E-state index in [1.165, 1.54) is 0 Å². The standard InChI is InChI=1S/C24H42N2O9/c1-22(2,3)33-17(27)13-11-15(26-21(31)35-24(7,8)9)19(29)25-16(20(30)32-10)12-14-18(28)34-23(4,5)6/h15-16H,11-14H2,1-10H3,(H,25,29)(H,26,31)/t15-,16-/m1/s1. The van der Waals surface area contributed by atoms with E-state index in [2.05, 4.69) is 10.6 Å². The Morgan fingerprint density at radius 2 is 1.03 bits per heavy atom. The summed E-state index contributed by atoms with van der Waals surface area (Å²) in [5.74, 6) is -2.63. The van der Waals surface area contributed by atoms with Crippen molar-refractivity contribution in [1.82, 2.24) is 10.6 Å². The molecule has 0 bridgehead atoms. The molecule has 0 rings (SSSR count). The van der Waals surface area contributed by atoms with E-state index in [-0.39, 0.29) is 25.7 Å². The summed E-state index contributed by atoms with van der Waals surface area (Å²) in [6.07, 6.45) is -1.39. The lowest BCUT2D eigenvalue weighted by atomic mass is 10.1. The maximum absolute atomic E-state index is 13.0. The summed E-state index contributed by atoms with van der Waals surface area (Å²) in [4.78, 5) is 61.7. The van der Waals surface area contributed by atoms with Gasteiger partial charge in [0.15, 0.2) is 0 Å². The van der Waals surface area contributed by atoms with Crippen LogP contribution in [0.5, 0.6) is 0 Å². The number of amides is 2. The first-order valence-electron chi connectivity index (χ1n) is 11.5. The number of hydrogen-bond acceptors (Lipinski definition) is 9. The van der Waals surface area contributed by atoms with E-state index in [0.29, 0.717) is 0 Å². The van der Waals surface area contributed by atoms with Crippen molar-refractivity contribution in [3.05, 3.63) is 0 Å². The van der Waals surface area contributed by atoms with Gasteiger partial charge in [-0.2, -0.15) is 0 Å². The van der Waals surface area contributed by atoms with Gasteiger partial charge in [-0.1, -0.05) is 0 Å². The summed E-state index contributed by atoms with van der Waals surface area (Å²) in [5.41, 5.74) is -2.24. The summed E-state index contributed by atoms with van der Waals surface area (Å²) in [7, 11) is 1.15. The van der Waals surface area contributed by atoms with Gasteiger partial charge in [0.05, 0.1) is 7.11 Å². The molecule has 0 spiro atoms. The second kappa shape index (κ2) is 13.3. The number of ether oxygens (including phenoxy) is 4. The third-order valence-corrected chi connectivity index (χ3v) is 3.92. The molecule has 0 saturated heterocycles. The van der Waals surface area contributed by atoms with Gasteiger partial charge in [0.1, 0.15) is 28.9 Å². The monoisotopic (exact) mass is 502 g/mol. The Balaban J connectivity index is 5.44. The van der Waals surface area contributed by atoms with E-state index < -0.39 is 58.8 Å². The van der Waals surface area contributed by atoms with Crippen molar-refractivity contribution in [3.63, 3.8) is 0 Å². The van der Waals surface area contributed by atoms with Crippen molar-refractivity contribution in [1.29, 1.82) is 0 Å². The zero-order valence-electron chi connectivity index (χ0n) is 22.7. The first kappa shape index (κ1) is 32.1. The Bertz CT molecular complexity index is 758. The topological polar surface area (TPSA) is 146 Å². The minimum atomic E-state index is -1.22. The normalized spacial score (nSPS) is 13.7.